The van der Waals surface area contributed by atoms with Gasteiger partial charge in [-0.3, -0.25) is 0 Å². The molecule has 1 aromatic rings. The maximum atomic E-state index is 13.7. The molecule has 2 atom stereocenters. The van der Waals surface area contributed by atoms with Crippen molar-refractivity contribution >= 4 is 6.03 Å². The highest BCUT2D eigenvalue weighted by Gasteiger charge is 2.19. The zero-order valence-electron chi connectivity index (χ0n) is 12.0. The lowest BCUT2D eigenvalue weighted by molar-refractivity contribution is 0.185. The third-order valence-corrected chi connectivity index (χ3v) is 3.62. The van der Waals surface area contributed by atoms with Gasteiger partial charge in [-0.2, -0.15) is 0 Å². The van der Waals surface area contributed by atoms with Crippen molar-refractivity contribution < 1.29 is 18.3 Å². The van der Waals surface area contributed by atoms with Gasteiger partial charge in [0.15, 0.2) is 0 Å². The van der Waals surface area contributed by atoms with Crippen LogP contribution in [0.4, 0.5) is 13.6 Å². The van der Waals surface area contributed by atoms with Gasteiger partial charge in [-0.05, 0) is 31.0 Å². The van der Waals surface area contributed by atoms with E-state index < -0.39 is 17.7 Å². The molecule has 0 spiro atoms. The van der Waals surface area contributed by atoms with Crippen molar-refractivity contribution in [2.75, 3.05) is 19.8 Å². The Balaban J connectivity index is 1.91. The van der Waals surface area contributed by atoms with E-state index in [-0.39, 0.29) is 11.6 Å². The van der Waals surface area contributed by atoms with Crippen LogP contribution in [-0.4, -0.2) is 25.8 Å². The summed E-state index contributed by atoms with van der Waals surface area (Å²) in [4.78, 5) is 11.9. The van der Waals surface area contributed by atoms with Crippen LogP contribution in [-0.2, 0) is 4.74 Å². The highest BCUT2D eigenvalue weighted by atomic mass is 19.1. The molecule has 0 aliphatic carbocycles. The zero-order chi connectivity index (χ0) is 15.2. The smallest absolute Gasteiger partial charge is 0.315 e. The van der Waals surface area contributed by atoms with Gasteiger partial charge >= 0.3 is 6.03 Å². The maximum absolute atomic E-state index is 13.7. The lowest BCUT2D eigenvalue weighted by atomic mass is 10.0. The molecule has 1 aliphatic rings. The van der Waals surface area contributed by atoms with Crippen molar-refractivity contribution in [1.82, 2.24) is 10.6 Å². The predicted octanol–water partition coefficient (Wildman–Crippen LogP) is 2.75. The number of amides is 2. The predicted molar refractivity (Wildman–Crippen MR) is 74.9 cm³/mol. The number of benzene rings is 1. The summed E-state index contributed by atoms with van der Waals surface area (Å²) < 4.78 is 32.2. The second-order valence-corrected chi connectivity index (χ2v) is 5.21. The molecule has 1 saturated heterocycles. The first-order valence-electron chi connectivity index (χ1n) is 7.17. The summed E-state index contributed by atoms with van der Waals surface area (Å²) in [5.74, 6) is -0.718. The first kappa shape index (κ1) is 15.7. The van der Waals surface area contributed by atoms with Crippen LogP contribution in [0.15, 0.2) is 18.2 Å². The average molecular weight is 298 g/mol. The van der Waals surface area contributed by atoms with Gasteiger partial charge in [-0.15, -0.1) is 0 Å². The third-order valence-electron chi connectivity index (χ3n) is 3.62. The second kappa shape index (κ2) is 7.36. The first-order valence-corrected chi connectivity index (χ1v) is 7.17. The van der Waals surface area contributed by atoms with E-state index in [9.17, 15) is 13.6 Å². The van der Waals surface area contributed by atoms with Crippen LogP contribution >= 0.6 is 0 Å². The number of nitrogens with one attached hydrogen (secondary N) is 2. The second-order valence-electron chi connectivity index (χ2n) is 5.21. The number of hydrogen-bond donors (Lipinski definition) is 2. The summed E-state index contributed by atoms with van der Waals surface area (Å²) in [5, 5.41) is 5.42. The quantitative estimate of drug-likeness (QED) is 0.878. The van der Waals surface area contributed by atoms with E-state index in [0.717, 1.165) is 31.2 Å². The van der Waals surface area contributed by atoms with Crippen LogP contribution in [0.25, 0.3) is 0 Å². The number of rotatable bonds is 5. The fourth-order valence-corrected chi connectivity index (χ4v) is 2.37. The minimum absolute atomic E-state index is 0.164. The lowest BCUT2D eigenvalue weighted by Crippen LogP contribution is -2.40. The zero-order valence-corrected chi connectivity index (χ0v) is 12.0. The summed E-state index contributed by atoms with van der Waals surface area (Å²) in [5.41, 5.74) is 0.164. The SMILES string of the molecule is CC[C@H](NC(=O)NC[C@@H]1CCOC1)c1cc(F)ccc1F. The van der Waals surface area contributed by atoms with E-state index in [4.69, 9.17) is 4.74 Å². The Morgan fingerprint density at radius 1 is 1.48 bits per heavy atom. The monoisotopic (exact) mass is 298 g/mol. The Morgan fingerprint density at radius 2 is 2.29 bits per heavy atom. The van der Waals surface area contributed by atoms with Crippen molar-refractivity contribution in [3.63, 3.8) is 0 Å². The van der Waals surface area contributed by atoms with Crippen LogP contribution in [0.2, 0.25) is 0 Å². The minimum atomic E-state index is -0.555. The summed E-state index contributed by atoms with van der Waals surface area (Å²) in [6.07, 6.45) is 1.40. The number of hydrogen-bond acceptors (Lipinski definition) is 2. The summed E-state index contributed by atoms with van der Waals surface area (Å²) >= 11 is 0. The molecule has 2 amide bonds. The minimum Gasteiger partial charge on any atom is -0.381 e. The average Bonchev–Trinajstić information content (AvgIpc) is 2.98. The van der Waals surface area contributed by atoms with Gasteiger partial charge < -0.3 is 15.4 Å². The molecule has 116 valence electrons. The van der Waals surface area contributed by atoms with E-state index in [1.807, 2.05) is 0 Å². The largest absolute Gasteiger partial charge is 0.381 e. The molecule has 0 saturated carbocycles. The Kier molecular flexibility index (Phi) is 5.50. The van der Waals surface area contributed by atoms with Gasteiger partial charge in [0, 0.05) is 24.6 Å². The molecule has 4 nitrogen and oxygen atoms in total. The molecule has 0 radical (unpaired) electrons. The van der Waals surface area contributed by atoms with E-state index in [1.165, 1.54) is 0 Å². The molecule has 2 rings (SSSR count). The fourth-order valence-electron chi connectivity index (χ4n) is 2.37. The normalized spacial score (nSPS) is 19.3. The topological polar surface area (TPSA) is 50.4 Å². The van der Waals surface area contributed by atoms with Crippen LogP contribution in [0.5, 0.6) is 0 Å². The fraction of sp³-hybridized carbons (Fsp3) is 0.533. The van der Waals surface area contributed by atoms with E-state index >= 15 is 0 Å². The first-order chi connectivity index (χ1) is 10.1. The highest BCUT2D eigenvalue weighted by molar-refractivity contribution is 5.74. The van der Waals surface area contributed by atoms with Crippen molar-refractivity contribution in [3.05, 3.63) is 35.4 Å². The Bertz CT molecular complexity index is 491. The molecule has 1 heterocycles. The van der Waals surface area contributed by atoms with Gasteiger partial charge in [0.25, 0.3) is 0 Å². The summed E-state index contributed by atoms with van der Waals surface area (Å²) in [6, 6.07) is 2.32. The molecular weight excluding hydrogens is 278 g/mol. The molecular formula is C15H20F2N2O2. The number of ether oxygens (including phenoxy) is 1. The maximum Gasteiger partial charge on any atom is 0.315 e. The van der Waals surface area contributed by atoms with Crippen molar-refractivity contribution in [3.8, 4) is 0 Å². The van der Waals surface area contributed by atoms with Gasteiger partial charge in [0.05, 0.1) is 12.6 Å². The van der Waals surface area contributed by atoms with E-state index in [0.29, 0.717) is 25.5 Å². The number of carbonyl (C=O) groups is 1. The van der Waals surface area contributed by atoms with E-state index in [1.54, 1.807) is 6.92 Å². The van der Waals surface area contributed by atoms with Gasteiger partial charge in [0.2, 0.25) is 0 Å². The van der Waals surface area contributed by atoms with Crippen LogP contribution in [0.3, 0.4) is 0 Å². The van der Waals surface area contributed by atoms with Crippen LogP contribution in [0.1, 0.15) is 31.4 Å². The summed E-state index contributed by atoms with van der Waals surface area (Å²) in [7, 11) is 0. The van der Waals surface area contributed by atoms with Crippen molar-refractivity contribution in [2.45, 2.75) is 25.8 Å². The van der Waals surface area contributed by atoms with Crippen molar-refractivity contribution in [2.24, 2.45) is 5.92 Å². The van der Waals surface area contributed by atoms with Gasteiger partial charge in [0.1, 0.15) is 11.6 Å². The standard InChI is InChI=1S/C15H20F2N2O2/c1-2-14(12-7-11(16)3-4-13(12)17)19-15(20)18-8-10-5-6-21-9-10/h3-4,7,10,14H,2,5-6,8-9H2,1H3,(H2,18,19,20)/t10-,14-/m0/s1. The third kappa shape index (κ3) is 4.39. The number of halogens is 2. The number of urea groups is 1. The molecule has 21 heavy (non-hydrogen) atoms. The van der Waals surface area contributed by atoms with Crippen LogP contribution < -0.4 is 10.6 Å². The van der Waals surface area contributed by atoms with Crippen molar-refractivity contribution in [1.29, 1.82) is 0 Å². The Hall–Kier alpha value is -1.69. The molecule has 6 heteroatoms. The van der Waals surface area contributed by atoms with E-state index in [2.05, 4.69) is 10.6 Å². The molecule has 2 N–H and O–H groups in total. The van der Waals surface area contributed by atoms with Gasteiger partial charge in [-0.25, -0.2) is 13.6 Å². The van der Waals surface area contributed by atoms with Gasteiger partial charge in [-0.1, -0.05) is 6.92 Å². The molecule has 1 aliphatic heterocycles. The lowest BCUT2D eigenvalue weighted by Gasteiger charge is -2.19. The molecule has 1 aromatic carbocycles. The Morgan fingerprint density at radius 3 is 2.95 bits per heavy atom. The number of carbonyl (C=O) groups excluding carboxylic acids is 1. The highest BCUT2D eigenvalue weighted by Crippen LogP contribution is 2.21. The molecule has 0 bridgehead atoms. The molecule has 0 aromatic heterocycles. The summed E-state index contributed by atoms with van der Waals surface area (Å²) in [6.45, 7) is 3.70. The molecule has 1 fully saturated rings. The Labute approximate surface area is 122 Å². The van der Waals surface area contributed by atoms with Crippen LogP contribution in [0, 0.1) is 17.6 Å². The molecule has 0 unspecified atom stereocenters.